The maximum absolute atomic E-state index is 12.2. The van der Waals surface area contributed by atoms with E-state index in [1.54, 1.807) is 18.2 Å². The van der Waals surface area contributed by atoms with Gasteiger partial charge in [0.15, 0.2) is 0 Å². The minimum absolute atomic E-state index is 0.0930. The summed E-state index contributed by atoms with van der Waals surface area (Å²) in [6.07, 6.45) is 14.3. The number of ether oxygens (including phenoxy) is 1. The Hall–Kier alpha value is -1.97. The minimum Gasteiger partial charge on any atom is -0.475 e. The smallest absolute Gasteiger partial charge is 0.475 e. The molecule has 0 aliphatic heterocycles. The molecule has 0 saturated carbocycles. The monoisotopic (exact) mass is 642 g/mol. The van der Waals surface area contributed by atoms with Crippen LogP contribution in [0.25, 0.3) is 0 Å². The molecule has 0 aliphatic rings. The molecule has 0 aliphatic carbocycles. The molecule has 0 spiro atoms. The minimum atomic E-state index is -5.08. The number of aromatic hydroxyl groups is 1. The number of carboxylic acid groups (broad SMARTS) is 1. The molecular weight excluding hydrogens is 592 g/mol. The third-order valence-corrected chi connectivity index (χ3v) is 8.69. The number of nitrogens with two attached hydrogens (primary N) is 1. The van der Waals surface area contributed by atoms with Crippen molar-refractivity contribution in [2.75, 3.05) is 7.11 Å². The van der Waals surface area contributed by atoms with Gasteiger partial charge in [0.05, 0.1) is 0 Å². The van der Waals surface area contributed by atoms with Crippen molar-refractivity contribution in [1.29, 1.82) is 0 Å². The number of hydrogen-bond acceptors (Lipinski definition) is 5. The fraction of sp³-hybridized carbons (Fsp3) is 0.724. The topological polar surface area (TPSA) is 122 Å². The van der Waals surface area contributed by atoms with Gasteiger partial charge in [-0.1, -0.05) is 26.2 Å². The average Bonchev–Trinajstić information content (AvgIpc) is 2.91. The quantitative estimate of drug-likeness (QED) is 0.0848. The third kappa shape index (κ3) is 20.9. The van der Waals surface area contributed by atoms with E-state index in [0.717, 1.165) is 10.9 Å². The van der Waals surface area contributed by atoms with Gasteiger partial charge in [-0.25, -0.2) is 4.79 Å². The van der Waals surface area contributed by atoms with Gasteiger partial charge in [-0.05, 0) is 0 Å². The number of carbonyl (C=O) groups is 2. The number of methoxy groups -OCH3 is 1. The Morgan fingerprint density at radius 2 is 1.43 bits per heavy atom. The SMILES string of the molecule is CCCCCCCCCCCCCCCC[Se]C[C@H](N)C(=O)NCc1ccc(O)c(OC)c1.O=C(O)C(F)(F)F. The summed E-state index contributed by atoms with van der Waals surface area (Å²) in [6.45, 7) is 2.66. The average molecular weight is 642 g/mol. The van der Waals surface area contributed by atoms with Crippen LogP contribution in [0.4, 0.5) is 13.2 Å². The Bertz CT molecular complexity index is 812. The second-order valence-electron chi connectivity index (χ2n) is 9.80. The number of halogens is 3. The molecule has 11 heteroatoms. The van der Waals surface area contributed by atoms with Gasteiger partial charge in [-0.15, -0.1) is 0 Å². The fourth-order valence-electron chi connectivity index (χ4n) is 3.84. The summed E-state index contributed by atoms with van der Waals surface area (Å²) >= 11 is 0.426. The van der Waals surface area contributed by atoms with Crippen molar-refractivity contribution in [2.24, 2.45) is 5.73 Å². The van der Waals surface area contributed by atoms with Gasteiger partial charge in [-0.3, -0.25) is 0 Å². The van der Waals surface area contributed by atoms with E-state index < -0.39 is 18.2 Å². The summed E-state index contributed by atoms with van der Waals surface area (Å²) < 4.78 is 36.8. The molecule has 0 saturated heterocycles. The Kier molecular flexibility index (Phi) is 22.5. The maximum atomic E-state index is 12.2. The fourth-order valence-corrected chi connectivity index (χ4v) is 5.89. The number of unbranched alkanes of at least 4 members (excludes halogenated alkanes) is 13. The molecular formula is C29H49F3N2O5Se. The predicted molar refractivity (Wildman–Crippen MR) is 154 cm³/mol. The summed E-state index contributed by atoms with van der Waals surface area (Å²) in [6, 6.07) is 4.62. The van der Waals surface area contributed by atoms with Crippen LogP contribution < -0.4 is 15.8 Å². The van der Waals surface area contributed by atoms with E-state index in [0.29, 0.717) is 27.3 Å². The van der Waals surface area contributed by atoms with E-state index in [9.17, 15) is 23.1 Å². The molecule has 40 heavy (non-hydrogen) atoms. The second kappa shape index (κ2) is 23.7. The van der Waals surface area contributed by atoms with E-state index in [2.05, 4.69) is 12.2 Å². The van der Waals surface area contributed by atoms with Crippen LogP contribution in [0.1, 0.15) is 102 Å². The number of carbonyl (C=O) groups excluding carboxylic acids is 1. The number of aliphatic carboxylic acids is 1. The normalized spacial score (nSPS) is 11.8. The number of hydrogen-bond donors (Lipinski definition) is 4. The third-order valence-electron chi connectivity index (χ3n) is 6.23. The van der Waals surface area contributed by atoms with Crippen molar-refractivity contribution in [2.45, 2.75) is 126 Å². The van der Waals surface area contributed by atoms with Gasteiger partial charge in [0.2, 0.25) is 0 Å². The van der Waals surface area contributed by atoms with E-state index in [1.807, 2.05) is 0 Å². The number of carboxylic acids is 1. The van der Waals surface area contributed by atoms with E-state index >= 15 is 0 Å². The first-order valence-corrected chi connectivity index (χ1v) is 16.7. The van der Waals surface area contributed by atoms with Crippen LogP contribution in [0.3, 0.4) is 0 Å². The molecule has 0 heterocycles. The number of amides is 1. The second-order valence-corrected chi connectivity index (χ2v) is 12.2. The number of alkyl halides is 3. The molecule has 7 nitrogen and oxygen atoms in total. The first-order chi connectivity index (χ1) is 19.0. The van der Waals surface area contributed by atoms with Crippen molar-refractivity contribution >= 4 is 26.8 Å². The Morgan fingerprint density at radius 1 is 0.950 bits per heavy atom. The van der Waals surface area contributed by atoms with Crippen molar-refractivity contribution in [3.63, 3.8) is 0 Å². The molecule has 1 atom stereocenters. The molecule has 0 radical (unpaired) electrons. The molecule has 0 fully saturated rings. The van der Waals surface area contributed by atoms with E-state index in [-0.39, 0.29) is 11.7 Å². The van der Waals surface area contributed by atoms with Crippen LogP contribution in [-0.4, -0.2) is 56.4 Å². The van der Waals surface area contributed by atoms with Gasteiger partial charge in [0, 0.05) is 0 Å². The summed E-state index contributed by atoms with van der Waals surface area (Å²) in [5.74, 6) is -2.37. The van der Waals surface area contributed by atoms with Crippen molar-refractivity contribution < 1.29 is 37.7 Å². The first-order valence-electron chi connectivity index (χ1n) is 14.3. The summed E-state index contributed by atoms with van der Waals surface area (Å²) in [7, 11) is 1.51. The van der Waals surface area contributed by atoms with E-state index in [1.165, 1.54) is 102 Å². The van der Waals surface area contributed by atoms with Crippen LogP contribution in [0.15, 0.2) is 18.2 Å². The zero-order valence-electron chi connectivity index (χ0n) is 24.1. The van der Waals surface area contributed by atoms with Crippen molar-refractivity contribution in [3.8, 4) is 11.5 Å². The zero-order valence-corrected chi connectivity index (χ0v) is 25.8. The molecule has 1 aromatic carbocycles. The predicted octanol–water partition coefficient (Wildman–Crippen LogP) is 7.00. The largest absolute Gasteiger partial charge is 0.490 e. The number of phenolic OH excluding ortho intramolecular Hbond substituents is 1. The molecule has 0 bridgehead atoms. The Balaban J connectivity index is 0.00000191. The van der Waals surface area contributed by atoms with Crippen LogP contribution >= 0.6 is 0 Å². The molecule has 1 rings (SSSR count). The molecule has 1 amide bonds. The van der Waals surface area contributed by atoms with Gasteiger partial charge >= 0.3 is 195 Å². The number of nitrogens with one attached hydrogen (secondary N) is 1. The van der Waals surface area contributed by atoms with Gasteiger partial charge in [-0.2, -0.15) is 13.2 Å². The van der Waals surface area contributed by atoms with E-state index in [4.69, 9.17) is 20.4 Å². The summed E-state index contributed by atoms with van der Waals surface area (Å²) in [4.78, 5) is 21.1. The molecule has 232 valence electrons. The Morgan fingerprint density at radius 3 is 1.88 bits per heavy atom. The van der Waals surface area contributed by atoms with Crippen LogP contribution in [0.2, 0.25) is 10.6 Å². The first kappa shape index (κ1) is 38.0. The molecule has 0 aromatic heterocycles. The number of benzene rings is 1. The van der Waals surface area contributed by atoms with Crippen LogP contribution in [0, 0.1) is 0 Å². The maximum Gasteiger partial charge on any atom is 0.490 e. The summed E-state index contributed by atoms with van der Waals surface area (Å²) in [5.41, 5.74) is 6.93. The van der Waals surface area contributed by atoms with Crippen LogP contribution in [0.5, 0.6) is 11.5 Å². The van der Waals surface area contributed by atoms with Crippen molar-refractivity contribution in [3.05, 3.63) is 23.8 Å². The summed E-state index contributed by atoms with van der Waals surface area (Å²) in [5, 5.41) is 21.6. The van der Waals surface area contributed by atoms with Gasteiger partial charge < -0.3 is 5.11 Å². The Labute approximate surface area is 244 Å². The van der Waals surface area contributed by atoms with Crippen molar-refractivity contribution in [1.82, 2.24) is 5.32 Å². The zero-order chi connectivity index (χ0) is 30.2. The standard InChI is InChI=1S/C27H48N2O3Se.C2HF3O2/c1-3-4-5-6-7-8-9-10-11-12-13-14-15-16-19-33-22-24(28)27(31)29-21-23-17-18-25(30)26(20-23)32-2;3-2(4,5)1(6)7/h17-18,20,24,30H,3-16,19,21-22,28H2,1-2H3,(H,29,31);(H,6,7)/t24-;/m0./s1. The van der Waals surface area contributed by atoms with Crippen LogP contribution in [-0.2, 0) is 16.1 Å². The number of phenols is 1. The molecule has 0 unspecified atom stereocenters. The van der Waals surface area contributed by atoms with Gasteiger partial charge in [0.1, 0.15) is 0 Å². The van der Waals surface area contributed by atoms with Gasteiger partial charge in [0.25, 0.3) is 0 Å². The number of rotatable bonds is 21. The molecule has 1 aromatic rings. The molecule has 5 N–H and O–H groups in total.